The van der Waals surface area contributed by atoms with Gasteiger partial charge in [-0.25, -0.2) is 13.2 Å². The number of aromatic nitrogens is 1. The molecule has 0 radical (unpaired) electrons. The van der Waals surface area contributed by atoms with Crippen LogP contribution in [0.4, 0.5) is 5.69 Å². The van der Waals surface area contributed by atoms with Crippen LogP contribution in [-0.4, -0.2) is 29.6 Å². The average molecular weight is 294 g/mol. The molecule has 3 N–H and O–H groups in total. The van der Waals surface area contributed by atoms with E-state index in [1.54, 1.807) is 0 Å². The van der Waals surface area contributed by atoms with E-state index in [1.807, 2.05) is 0 Å². The van der Waals surface area contributed by atoms with Gasteiger partial charge < -0.3 is 10.2 Å². The number of sulfonamides is 1. The average Bonchev–Trinajstić information content (AvgIpc) is 2.42. The number of nitrogens with one attached hydrogen (secondary N) is 1. The van der Waals surface area contributed by atoms with Gasteiger partial charge in [0.15, 0.2) is 0 Å². The Morgan fingerprint density at radius 3 is 2.60 bits per heavy atom. The zero-order valence-electron chi connectivity index (χ0n) is 10.0. The predicted octanol–water partition coefficient (Wildman–Crippen LogP) is 1.29. The van der Waals surface area contributed by atoms with E-state index in [0.29, 0.717) is 0 Å². The predicted molar refractivity (Wildman–Crippen MR) is 70.1 cm³/mol. The van der Waals surface area contributed by atoms with Crippen LogP contribution in [0.1, 0.15) is 10.4 Å². The lowest BCUT2D eigenvalue weighted by Crippen LogP contribution is -2.13. The number of hydrogen-bond donors (Lipinski definition) is 3. The second-order valence-electron chi connectivity index (χ2n) is 3.83. The number of carbonyl (C=O) groups is 1. The molecular weight excluding hydrogens is 284 g/mol. The van der Waals surface area contributed by atoms with Gasteiger partial charge >= 0.3 is 5.97 Å². The van der Waals surface area contributed by atoms with E-state index >= 15 is 0 Å². The third kappa shape index (κ3) is 2.86. The van der Waals surface area contributed by atoms with Crippen LogP contribution in [0.3, 0.4) is 0 Å². The van der Waals surface area contributed by atoms with Crippen LogP contribution in [0.25, 0.3) is 0 Å². The zero-order valence-corrected chi connectivity index (χ0v) is 10.8. The van der Waals surface area contributed by atoms with Crippen molar-refractivity contribution >= 4 is 21.7 Å². The maximum atomic E-state index is 12.0. The van der Waals surface area contributed by atoms with Crippen LogP contribution in [0.15, 0.2) is 47.6 Å². The first-order valence-corrected chi connectivity index (χ1v) is 6.87. The quantitative estimate of drug-likeness (QED) is 0.731. The van der Waals surface area contributed by atoms with Crippen LogP contribution in [0, 0.1) is 0 Å². The highest BCUT2D eigenvalue weighted by Crippen LogP contribution is 2.26. The van der Waals surface area contributed by atoms with Crippen LogP contribution >= 0.6 is 0 Å². The van der Waals surface area contributed by atoms with Gasteiger partial charge in [-0.15, -0.1) is 0 Å². The highest BCUT2D eigenvalue weighted by atomic mass is 32.2. The summed E-state index contributed by atoms with van der Waals surface area (Å²) >= 11 is 0. The standard InChI is InChI=1S/C12H10N2O5S/c15-11-4-3-8(12(16)17)6-10(11)14-20(18,19)9-2-1-5-13-7-9/h1-7,14-15H,(H,16,17). The van der Waals surface area contributed by atoms with Crippen molar-refractivity contribution in [3.8, 4) is 5.75 Å². The van der Waals surface area contributed by atoms with Gasteiger partial charge in [0.1, 0.15) is 10.6 Å². The van der Waals surface area contributed by atoms with Crippen LogP contribution < -0.4 is 4.72 Å². The fraction of sp³-hybridized carbons (Fsp3) is 0. The minimum Gasteiger partial charge on any atom is -0.506 e. The number of nitrogens with zero attached hydrogens (tertiary/aromatic N) is 1. The number of rotatable bonds is 4. The number of phenols is 1. The minimum absolute atomic E-state index is 0.0971. The van der Waals surface area contributed by atoms with Crippen molar-refractivity contribution in [2.45, 2.75) is 4.90 Å². The third-order valence-corrected chi connectivity index (χ3v) is 3.78. The summed E-state index contributed by atoms with van der Waals surface area (Å²) in [6.45, 7) is 0. The number of carboxylic acid groups (broad SMARTS) is 1. The molecule has 1 heterocycles. The monoisotopic (exact) mass is 294 g/mol. The number of aromatic carboxylic acids is 1. The molecule has 0 atom stereocenters. The first-order chi connectivity index (χ1) is 9.40. The number of phenolic OH excluding ortho intramolecular Hbond substituents is 1. The smallest absolute Gasteiger partial charge is 0.335 e. The van der Waals surface area contributed by atoms with E-state index in [4.69, 9.17) is 5.11 Å². The van der Waals surface area contributed by atoms with E-state index in [9.17, 15) is 18.3 Å². The topological polar surface area (TPSA) is 117 Å². The number of aromatic hydroxyl groups is 1. The summed E-state index contributed by atoms with van der Waals surface area (Å²) in [6, 6.07) is 6.07. The summed E-state index contributed by atoms with van der Waals surface area (Å²) in [4.78, 5) is 14.4. The van der Waals surface area contributed by atoms with Crippen molar-refractivity contribution in [1.82, 2.24) is 4.98 Å². The molecule has 1 aromatic heterocycles. The van der Waals surface area contributed by atoms with E-state index < -0.39 is 16.0 Å². The summed E-state index contributed by atoms with van der Waals surface area (Å²) in [5, 5.41) is 18.4. The lowest BCUT2D eigenvalue weighted by atomic mass is 10.2. The summed E-state index contributed by atoms with van der Waals surface area (Å²) in [5.74, 6) is -1.60. The Kier molecular flexibility index (Phi) is 3.57. The Balaban J connectivity index is 2.39. The van der Waals surface area contributed by atoms with Gasteiger partial charge in [0.2, 0.25) is 0 Å². The normalized spacial score (nSPS) is 11.0. The molecule has 0 fully saturated rings. The molecule has 0 unspecified atom stereocenters. The number of anilines is 1. The lowest BCUT2D eigenvalue weighted by molar-refractivity contribution is 0.0697. The molecule has 1 aromatic carbocycles. The van der Waals surface area contributed by atoms with Gasteiger partial charge in [0.05, 0.1) is 11.3 Å². The first-order valence-electron chi connectivity index (χ1n) is 5.39. The fourth-order valence-corrected chi connectivity index (χ4v) is 2.49. The molecule has 0 aliphatic heterocycles. The molecule has 2 rings (SSSR count). The third-order valence-electron chi connectivity index (χ3n) is 2.43. The van der Waals surface area contributed by atoms with Gasteiger partial charge in [0, 0.05) is 12.4 Å². The van der Waals surface area contributed by atoms with Gasteiger partial charge in [0.25, 0.3) is 10.0 Å². The maximum Gasteiger partial charge on any atom is 0.335 e. The second kappa shape index (κ2) is 5.17. The van der Waals surface area contributed by atoms with Gasteiger partial charge in [-0.1, -0.05) is 0 Å². The molecule has 0 amide bonds. The van der Waals surface area contributed by atoms with Gasteiger partial charge in [-0.3, -0.25) is 9.71 Å². The zero-order chi connectivity index (χ0) is 14.8. The molecule has 0 aliphatic rings. The van der Waals surface area contributed by atoms with E-state index in [1.165, 1.54) is 24.4 Å². The SMILES string of the molecule is O=C(O)c1ccc(O)c(NS(=O)(=O)c2cccnc2)c1. The number of benzene rings is 1. The fourth-order valence-electron chi connectivity index (χ4n) is 1.46. The number of carboxylic acids is 1. The molecular formula is C12H10N2O5S. The minimum atomic E-state index is -3.94. The van der Waals surface area contributed by atoms with Crippen LogP contribution in [-0.2, 0) is 10.0 Å². The molecule has 0 aliphatic carbocycles. The highest BCUT2D eigenvalue weighted by molar-refractivity contribution is 7.92. The van der Waals surface area contributed by atoms with Crippen LogP contribution in [0.2, 0.25) is 0 Å². The van der Waals surface area contributed by atoms with Crippen molar-refractivity contribution < 1.29 is 23.4 Å². The number of hydrogen-bond acceptors (Lipinski definition) is 5. The Morgan fingerprint density at radius 2 is 2.00 bits per heavy atom. The van der Waals surface area contributed by atoms with Crippen molar-refractivity contribution in [2.75, 3.05) is 4.72 Å². The van der Waals surface area contributed by atoms with Crippen LogP contribution in [0.5, 0.6) is 5.75 Å². The van der Waals surface area contributed by atoms with E-state index in [2.05, 4.69) is 9.71 Å². The molecule has 0 spiro atoms. The van der Waals surface area contributed by atoms with Crippen molar-refractivity contribution in [1.29, 1.82) is 0 Å². The molecule has 0 bridgehead atoms. The van der Waals surface area contributed by atoms with E-state index in [-0.39, 0.29) is 21.9 Å². The molecule has 2 aromatic rings. The highest BCUT2D eigenvalue weighted by Gasteiger charge is 2.17. The summed E-state index contributed by atoms with van der Waals surface area (Å²) in [6.07, 6.45) is 2.56. The van der Waals surface area contributed by atoms with E-state index in [0.717, 1.165) is 18.3 Å². The molecule has 0 saturated carbocycles. The summed E-state index contributed by atoms with van der Waals surface area (Å²) < 4.78 is 26.2. The Labute approximate surface area is 114 Å². The first kappa shape index (κ1) is 13.8. The van der Waals surface area contributed by atoms with Gasteiger partial charge in [-0.2, -0.15) is 0 Å². The largest absolute Gasteiger partial charge is 0.506 e. The maximum absolute atomic E-state index is 12.0. The van der Waals surface area contributed by atoms with Crippen molar-refractivity contribution in [3.63, 3.8) is 0 Å². The molecule has 104 valence electrons. The summed E-state index contributed by atoms with van der Waals surface area (Å²) in [5.41, 5.74) is -0.361. The Bertz CT molecular complexity index is 744. The lowest BCUT2D eigenvalue weighted by Gasteiger charge is -2.10. The second-order valence-corrected chi connectivity index (χ2v) is 5.51. The molecule has 20 heavy (non-hydrogen) atoms. The van der Waals surface area contributed by atoms with Crippen molar-refractivity contribution in [3.05, 3.63) is 48.3 Å². The summed E-state index contributed by atoms with van der Waals surface area (Å²) in [7, 11) is -3.94. The Morgan fingerprint density at radius 1 is 1.25 bits per heavy atom. The molecule has 7 nitrogen and oxygen atoms in total. The number of pyridine rings is 1. The molecule has 8 heteroatoms. The molecule has 0 saturated heterocycles. The van der Waals surface area contributed by atoms with Crippen molar-refractivity contribution in [2.24, 2.45) is 0 Å². The van der Waals surface area contributed by atoms with Gasteiger partial charge in [-0.05, 0) is 30.3 Å². The Hall–Kier alpha value is -2.61.